The third kappa shape index (κ3) is 3.37. The molecule has 0 radical (unpaired) electrons. The summed E-state index contributed by atoms with van der Waals surface area (Å²) in [7, 11) is 0. The quantitative estimate of drug-likeness (QED) is 0.800. The molecule has 7 nitrogen and oxygen atoms in total. The summed E-state index contributed by atoms with van der Waals surface area (Å²) in [5.41, 5.74) is 11.7. The lowest BCUT2D eigenvalue weighted by molar-refractivity contribution is -0.142. The SMILES string of the molecule is CCc1nc2c(c(N)c1C)C(c1cncnc1)C(C(=O)OC(C)C)=C(C)N2. The first-order valence-corrected chi connectivity index (χ1v) is 9.07. The first-order chi connectivity index (χ1) is 12.8. The van der Waals surface area contributed by atoms with Gasteiger partial charge in [-0.2, -0.15) is 0 Å². The standard InChI is InChI=1S/C20H25N5O2/c1-6-14-11(4)18(21)17-16(13-7-22-9-23-8-13)15(20(26)27-10(2)3)12(5)24-19(17)25-14/h7-10,16H,6H2,1-5H3,(H3,21,24,25). The number of aryl methyl sites for hydroxylation is 1. The zero-order valence-corrected chi connectivity index (χ0v) is 16.3. The number of allylic oxidation sites excluding steroid dienone is 1. The van der Waals surface area contributed by atoms with E-state index in [0.29, 0.717) is 22.8 Å². The first kappa shape index (κ1) is 18.8. The molecule has 0 aromatic carbocycles. The number of rotatable bonds is 4. The summed E-state index contributed by atoms with van der Waals surface area (Å²) < 4.78 is 5.50. The molecule has 0 spiro atoms. The molecule has 0 saturated heterocycles. The second kappa shape index (κ2) is 7.34. The number of ether oxygens (including phenoxy) is 1. The second-order valence-electron chi connectivity index (χ2n) is 6.94. The van der Waals surface area contributed by atoms with Crippen molar-refractivity contribution >= 4 is 17.5 Å². The molecule has 0 fully saturated rings. The minimum atomic E-state index is -0.439. The van der Waals surface area contributed by atoms with E-state index in [1.54, 1.807) is 12.4 Å². The number of nitrogens with one attached hydrogen (secondary N) is 1. The van der Waals surface area contributed by atoms with Crippen LogP contribution in [0.1, 0.15) is 56.0 Å². The van der Waals surface area contributed by atoms with Crippen LogP contribution in [0.4, 0.5) is 11.5 Å². The fourth-order valence-corrected chi connectivity index (χ4v) is 3.44. The number of nitrogen functional groups attached to an aromatic ring is 1. The van der Waals surface area contributed by atoms with Gasteiger partial charge in [-0.25, -0.2) is 19.7 Å². The van der Waals surface area contributed by atoms with Gasteiger partial charge in [0.15, 0.2) is 0 Å². The molecule has 1 atom stereocenters. The molecule has 142 valence electrons. The van der Waals surface area contributed by atoms with E-state index in [2.05, 4.69) is 15.3 Å². The summed E-state index contributed by atoms with van der Waals surface area (Å²) in [4.78, 5) is 25.9. The molecule has 1 unspecified atom stereocenters. The third-order valence-corrected chi connectivity index (χ3v) is 4.73. The number of aromatic nitrogens is 3. The van der Waals surface area contributed by atoms with E-state index in [4.69, 9.17) is 15.5 Å². The Bertz CT molecular complexity index is 906. The Balaban J connectivity index is 2.26. The second-order valence-corrected chi connectivity index (χ2v) is 6.94. The molecule has 0 bridgehead atoms. The van der Waals surface area contributed by atoms with Crippen molar-refractivity contribution < 1.29 is 9.53 Å². The highest BCUT2D eigenvalue weighted by Gasteiger charge is 2.37. The minimum absolute atomic E-state index is 0.230. The number of nitrogens with two attached hydrogens (primary N) is 1. The lowest BCUT2D eigenvalue weighted by Gasteiger charge is -2.31. The molecular weight excluding hydrogens is 342 g/mol. The Labute approximate surface area is 159 Å². The monoisotopic (exact) mass is 367 g/mol. The molecule has 3 N–H and O–H groups in total. The molecule has 3 heterocycles. The van der Waals surface area contributed by atoms with E-state index in [-0.39, 0.29) is 12.1 Å². The Morgan fingerprint density at radius 2 is 1.96 bits per heavy atom. The summed E-state index contributed by atoms with van der Waals surface area (Å²) in [5, 5.41) is 3.25. The highest BCUT2D eigenvalue weighted by molar-refractivity contribution is 5.95. The molecule has 1 aliphatic heterocycles. The van der Waals surface area contributed by atoms with Crippen molar-refractivity contribution in [2.75, 3.05) is 11.1 Å². The Kier molecular flexibility index (Phi) is 5.12. The Hall–Kier alpha value is -2.96. The van der Waals surface area contributed by atoms with E-state index in [0.717, 1.165) is 28.8 Å². The molecule has 0 saturated carbocycles. The number of hydrogen-bond acceptors (Lipinski definition) is 7. The van der Waals surface area contributed by atoms with Crippen LogP contribution in [0.15, 0.2) is 30.0 Å². The number of carbonyl (C=O) groups excluding carboxylic acids is 1. The molecule has 2 aromatic heterocycles. The van der Waals surface area contributed by atoms with Crippen molar-refractivity contribution in [2.24, 2.45) is 0 Å². The highest BCUT2D eigenvalue weighted by atomic mass is 16.5. The van der Waals surface area contributed by atoms with Gasteiger partial charge in [-0.05, 0) is 39.7 Å². The van der Waals surface area contributed by atoms with Crippen LogP contribution in [0.2, 0.25) is 0 Å². The first-order valence-electron chi connectivity index (χ1n) is 9.07. The molecule has 7 heteroatoms. The van der Waals surface area contributed by atoms with Crippen molar-refractivity contribution in [1.29, 1.82) is 0 Å². The van der Waals surface area contributed by atoms with Gasteiger partial charge in [0, 0.05) is 40.6 Å². The maximum absolute atomic E-state index is 12.9. The molecule has 2 aromatic rings. The van der Waals surface area contributed by atoms with Gasteiger partial charge >= 0.3 is 5.97 Å². The van der Waals surface area contributed by atoms with Crippen LogP contribution in [-0.4, -0.2) is 27.0 Å². The number of anilines is 2. The summed E-state index contributed by atoms with van der Waals surface area (Å²) in [6.45, 7) is 9.50. The smallest absolute Gasteiger partial charge is 0.337 e. The van der Waals surface area contributed by atoms with Gasteiger partial charge in [-0.1, -0.05) is 6.92 Å². The topological polar surface area (TPSA) is 103 Å². The Morgan fingerprint density at radius 3 is 2.56 bits per heavy atom. The van der Waals surface area contributed by atoms with Gasteiger partial charge in [0.25, 0.3) is 0 Å². The molecule has 0 amide bonds. The predicted molar refractivity (Wildman–Crippen MR) is 104 cm³/mol. The van der Waals surface area contributed by atoms with Crippen molar-refractivity contribution in [3.63, 3.8) is 0 Å². The maximum atomic E-state index is 12.9. The number of carbonyl (C=O) groups is 1. The summed E-state index contributed by atoms with van der Waals surface area (Å²) in [6.07, 6.45) is 5.40. The van der Waals surface area contributed by atoms with Crippen molar-refractivity contribution in [3.05, 3.63) is 52.4 Å². The summed E-state index contributed by atoms with van der Waals surface area (Å²) in [5.74, 6) is -0.153. The molecular formula is C20H25N5O2. The van der Waals surface area contributed by atoms with Crippen LogP contribution < -0.4 is 11.1 Å². The predicted octanol–water partition coefficient (Wildman–Crippen LogP) is 3.11. The number of hydrogen-bond donors (Lipinski definition) is 2. The highest BCUT2D eigenvalue weighted by Crippen LogP contribution is 2.45. The van der Waals surface area contributed by atoms with Crippen LogP contribution in [0.25, 0.3) is 0 Å². The normalized spacial score (nSPS) is 16.1. The Morgan fingerprint density at radius 1 is 1.30 bits per heavy atom. The summed E-state index contributed by atoms with van der Waals surface area (Å²) >= 11 is 0. The number of pyridine rings is 1. The van der Waals surface area contributed by atoms with Gasteiger partial charge in [-0.3, -0.25) is 0 Å². The van der Waals surface area contributed by atoms with Gasteiger partial charge in [0.05, 0.1) is 17.6 Å². The number of esters is 1. The lowest BCUT2D eigenvalue weighted by Crippen LogP contribution is -2.28. The van der Waals surface area contributed by atoms with E-state index >= 15 is 0 Å². The van der Waals surface area contributed by atoms with Gasteiger partial charge in [0.2, 0.25) is 0 Å². The van der Waals surface area contributed by atoms with E-state index in [1.165, 1.54) is 6.33 Å². The van der Waals surface area contributed by atoms with Gasteiger partial charge < -0.3 is 15.8 Å². The lowest BCUT2D eigenvalue weighted by atomic mass is 9.81. The fourth-order valence-electron chi connectivity index (χ4n) is 3.44. The average molecular weight is 367 g/mol. The van der Waals surface area contributed by atoms with E-state index in [9.17, 15) is 4.79 Å². The van der Waals surface area contributed by atoms with E-state index < -0.39 is 5.92 Å². The van der Waals surface area contributed by atoms with Crippen molar-refractivity contribution in [1.82, 2.24) is 15.0 Å². The maximum Gasteiger partial charge on any atom is 0.337 e. The zero-order chi connectivity index (χ0) is 19.7. The third-order valence-electron chi connectivity index (χ3n) is 4.73. The van der Waals surface area contributed by atoms with Crippen LogP contribution in [0.5, 0.6) is 0 Å². The van der Waals surface area contributed by atoms with Crippen LogP contribution in [-0.2, 0) is 16.0 Å². The molecule has 3 rings (SSSR count). The largest absolute Gasteiger partial charge is 0.460 e. The van der Waals surface area contributed by atoms with Crippen molar-refractivity contribution in [3.8, 4) is 0 Å². The van der Waals surface area contributed by atoms with Gasteiger partial charge in [-0.15, -0.1) is 0 Å². The zero-order valence-electron chi connectivity index (χ0n) is 16.3. The van der Waals surface area contributed by atoms with E-state index in [1.807, 2.05) is 34.6 Å². The molecule has 0 aliphatic carbocycles. The van der Waals surface area contributed by atoms with Crippen LogP contribution in [0.3, 0.4) is 0 Å². The number of nitrogens with zero attached hydrogens (tertiary/aromatic N) is 3. The average Bonchev–Trinajstić information content (AvgIpc) is 2.63. The van der Waals surface area contributed by atoms with Crippen LogP contribution >= 0.6 is 0 Å². The van der Waals surface area contributed by atoms with Crippen molar-refractivity contribution in [2.45, 2.75) is 53.1 Å². The molecule has 27 heavy (non-hydrogen) atoms. The van der Waals surface area contributed by atoms with Gasteiger partial charge in [0.1, 0.15) is 12.1 Å². The number of fused-ring (bicyclic) bond motifs is 1. The minimum Gasteiger partial charge on any atom is -0.460 e. The fraction of sp³-hybridized carbons (Fsp3) is 0.400. The van der Waals surface area contributed by atoms with Crippen LogP contribution in [0, 0.1) is 6.92 Å². The molecule has 1 aliphatic rings. The summed E-state index contributed by atoms with van der Waals surface area (Å²) in [6, 6.07) is 0.